The normalized spacial score (nSPS) is 13.2. The van der Waals surface area contributed by atoms with E-state index in [9.17, 15) is 9.18 Å². The van der Waals surface area contributed by atoms with Gasteiger partial charge in [-0.1, -0.05) is 32.9 Å². The quantitative estimate of drug-likeness (QED) is 0.538. The average Bonchev–Trinajstić information content (AvgIpc) is 2.38. The third-order valence-electron chi connectivity index (χ3n) is 3.18. The van der Waals surface area contributed by atoms with Crippen molar-refractivity contribution in [1.82, 2.24) is 0 Å². The van der Waals surface area contributed by atoms with Crippen LogP contribution in [0.3, 0.4) is 0 Å². The van der Waals surface area contributed by atoms with Crippen LogP contribution in [0.25, 0.3) is 0 Å². The molecular weight excluding hydrogens is 259 g/mol. The SMILES string of the molecule is CCOOC(C(=O)CC)C(C)(C)Cc1cccc(F)c1. The molecule has 1 unspecified atom stereocenters. The number of benzene rings is 1. The van der Waals surface area contributed by atoms with Crippen molar-refractivity contribution in [1.29, 1.82) is 0 Å². The molecule has 0 spiro atoms. The summed E-state index contributed by atoms with van der Waals surface area (Å²) in [5, 5.41) is 0. The van der Waals surface area contributed by atoms with Gasteiger partial charge in [-0.25, -0.2) is 14.2 Å². The van der Waals surface area contributed by atoms with Crippen molar-refractivity contribution in [2.45, 2.75) is 46.6 Å². The number of carbonyl (C=O) groups excluding carboxylic acids is 1. The third-order valence-corrected chi connectivity index (χ3v) is 3.18. The molecule has 0 aliphatic rings. The second-order valence-corrected chi connectivity index (χ2v) is 5.50. The maximum Gasteiger partial charge on any atom is 0.165 e. The van der Waals surface area contributed by atoms with Crippen molar-refractivity contribution in [3.8, 4) is 0 Å². The van der Waals surface area contributed by atoms with Crippen LogP contribution in [0.1, 0.15) is 39.7 Å². The predicted octanol–water partition coefficient (Wildman–Crippen LogP) is 3.71. The molecule has 3 nitrogen and oxygen atoms in total. The molecule has 0 saturated heterocycles. The van der Waals surface area contributed by atoms with Gasteiger partial charge in [0.25, 0.3) is 0 Å². The highest BCUT2D eigenvalue weighted by Gasteiger charge is 2.36. The monoisotopic (exact) mass is 282 g/mol. The van der Waals surface area contributed by atoms with Gasteiger partial charge in [0.1, 0.15) is 5.82 Å². The van der Waals surface area contributed by atoms with Crippen LogP contribution in [-0.2, 0) is 21.0 Å². The fraction of sp³-hybridized carbons (Fsp3) is 0.562. The maximum absolute atomic E-state index is 13.2. The number of Topliss-reactive ketones (excluding diaryl/α,β-unsaturated/α-hetero) is 1. The van der Waals surface area contributed by atoms with Crippen LogP contribution >= 0.6 is 0 Å². The highest BCUT2D eigenvalue weighted by Crippen LogP contribution is 2.30. The molecule has 1 aromatic carbocycles. The van der Waals surface area contributed by atoms with Gasteiger partial charge in [-0.3, -0.25) is 4.79 Å². The number of hydrogen-bond acceptors (Lipinski definition) is 3. The van der Waals surface area contributed by atoms with Gasteiger partial charge in [0.2, 0.25) is 0 Å². The molecule has 1 atom stereocenters. The molecule has 1 rings (SSSR count). The summed E-state index contributed by atoms with van der Waals surface area (Å²) < 4.78 is 13.2. The summed E-state index contributed by atoms with van der Waals surface area (Å²) in [6.45, 7) is 7.82. The summed E-state index contributed by atoms with van der Waals surface area (Å²) in [5.74, 6) is -0.290. The van der Waals surface area contributed by atoms with Gasteiger partial charge in [-0.05, 0) is 31.0 Å². The van der Waals surface area contributed by atoms with E-state index in [0.717, 1.165) is 5.56 Å². The molecular formula is C16H23FO3. The lowest BCUT2D eigenvalue weighted by atomic mass is 9.78. The van der Waals surface area contributed by atoms with Crippen LogP contribution in [0.2, 0.25) is 0 Å². The van der Waals surface area contributed by atoms with Gasteiger partial charge in [0, 0.05) is 11.8 Å². The number of halogens is 1. The van der Waals surface area contributed by atoms with Crippen LogP contribution in [0, 0.1) is 11.2 Å². The van der Waals surface area contributed by atoms with E-state index in [2.05, 4.69) is 0 Å². The fourth-order valence-corrected chi connectivity index (χ4v) is 2.21. The first-order valence-electron chi connectivity index (χ1n) is 6.96. The van der Waals surface area contributed by atoms with E-state index < -0.39 is 11.5 Å². The van der Waals surface area contributed by atoms with Gasteiger partial charge < -0.3 is 0 Å². The number of ketones is 1. The first-order valence-corrected chi connectivity index (χ1v) is 6.96. The Morgan fingerprint density at radius 3 is 2.60 bits per heavy atom. The zero-order chi connectivity index (χ0) is 15.2. The summed E-state index contributed by atoms with van der Waals surface area (Å²) in [6.07, 6.45) is 0.258. The Morgan fingerprint density at radius 2 is 2.05 bits per heavy atom. The molecule has 0 aliphatic heterocycles. The lowest BCUT2D eigenvalue weighted by Crippen LogP contribution is -2.40. The average molecular weight is 282 g/mol. The van der Waals surface area contributed by atoms with E-state index >= 15 is 0 Å². The van der Waals surface area contributed by atoms with Crippen molar-refractivity contribution in [3.05, 3.63) is 35.6 Å². The molecule has 0 aliphatic carbocycles. The fourth-order valence-electron chi connectivity index (χ4n) is 2.21. The van der Waals surface area contributed by atoms with E-state index in [1.165, 1.54) is 12.1 Å². The standard InChI is InChI=1S/C16H23FO3/c1-5-14(18)15(20-19-6-2)16(3,4)11-12-8-7-9-13(17)10-12/h7-10,15H,5-6,11H2,1-4H3. The van der Waals surface area contributed by atoms with E-state index in [1.807, 2.05) is 19.9 Å². The first-order chi connectivity index (χ1) is 9.40. The molecule has 0 heterocycles. The molecule has 0 saturated carbocycles. The minimum absolute atomic E-state index is 0.0140. The Hall–Kier alpha value is -1.26. The van der Waals surface area contributed by atoms with Gasteiger partial charge in [0.15, 0.2) is 11.9 Å². The van der Waals surface area contributed by atoms with E-state index in [0.29, 0.717) is 19.4 Å². The molecule has 0 aromatic heterocycles. The van der Waals surface area contributed by atoms with E-state index in [4.69, 9.17) is 9.78 Å². The molecule has 0 radical (unpaired) electrons. The van der Waals surface area contributed by atoms with Crippen molar-refractivity contribution in [3.63, 3.8) is 0 Å². The number of carbonyl (C=O) groups is 1. The Bertz CT molecular complexity index is 443. The Kier molecular flexibility index (Phi) is 6.30. The third kappa shape index (κ3) is 4.69. The molecule has 0 amide bonds. The summed E-state index contributed by atoms with van der Waals surface area (Å²) >= 11 is 0. The zero-order valence-corrected chi connectivity index (χ0v) is 12.6. The minimum Gasteiger partial charge on any atom is -0.297 e. The largest absolute Gasteiger partial charge is 0.297 e. The van der Waals surface area contributed by atoms with Crippen LogP contribution in [-0.4, -0.2) is 18.5 Å². The lowest BCUT2D eigenvalue weighted by molar-refractivity contribution is -0.329. The molecule has 20 heavy (non-hydrogen) atoms. The first kappa shape index (κ1) is 16.8. The van der Waals surface area contributed by atoms with E-state index in [1.54, 1.807) is 19.9 Å². The Morgan fingerprint density at radius 1 is 1.35 bits per heavy atom. The van der Waals surface area contributed by atoms with Crippen LogP contribution in [0.5, 0.6) is 0 Å². The molecule has 4 heteroatoms. The van der Waals surface area contributed by atoms with Crippen LogP contribution < -0.4 is 0 Å². The molecule has 0 N–H and O–H groups in total. The van der Waals surface area contributed by atoms with Crippen molar-refractivity contribution in [2.75, 3.05) is 6.61 Å². The summed E-state index contributed by atoms with van der Waals surface area (Å²) in [6, 6.07) is 6.40. The highest BCUT2D eigenvalue weighted by atomic mass is 19.1. The molecule has 0 fully saturated rings. The topological polar surface area (TPSA) is 35.5 Å². The zero-order valence-electron chi connectivity index (χ0n) is 12.6. The minimum atomic E-state index is -0.657. The smallest absolute Gasteiger partial charge is 0.165 e. The Balaban J connectivity index is 2.88. The highest BCUT2D eigenvalue weighted by molar-refractivity contribution is 5.83. The van der Waals surface area contributed by atoms with Crippen LogP contribution in [0.4, 0.5) is 4.39 Å². The van der Waals surface area contributed by atoms with Crippen LogP contribution in [0.15, 0.2) is 24.3 Å². The maximum atomic E-state index is 13.2. The van der Waals surface area contributed by atoms with Gasteiger partial charge in [-0.15, -0.1) is 0 Å². The summed E-state index contributed by atoms with van der Waals surface area (Å²) in [7, 11) is 0. The number of hydrogen-bond donors (Lipinski definition) is 0. The molecule has 112 valence electrons. The lowest BCUT2D eigenvalue weighted by Gasteiger charge is -2.32. The second-order valence-electron chi connectivity index (χ2n) is 5.50. The van der Waals surface area contributed by atoms with Crippen molar-refractivity contribution < 1.29 is 19.0 Å². The molecule has 0 bridgehead atoms. The summed E-state index contributed by atoms with van der Waals surface area (Å²) in [5.41, 5.74) is 0.361. The number of rotatable bonds is 8. The molecule has 1 aromatic rings. The van der Waals surface area contributed by atoms with Gasteiger partial charge in [-0.2, -0.15) is 0 Å². The van der Waals surface area contributed by atoms with Crippen molar-refractivity contribution in [2.24, 2.45) is 5.41 Å². The van der Waals surface area contributed by atoms with Crippen molar-refractivity contribution >= 4 is 5.78 Å². The second kappa shape index (κ2) is 7.50. The van der Waals surface area contributed by atoms with Gasteiger partial charge >= 0.3 is 0 Å². The summed E-state index contributed by atoms with van der Waals surface area (Å²) in [4.78, 5) is 22.3. The Labute approximate surface area is 120 Å². The van der Waals surface area contributed by atoms with E-state index in [-0.39, 0.29) is 11.6 Å². The van der Waals surface area contributed by atoms with Gasteiger partial charge in [0.05, 0.1) is 6.61 Å². The predicted molar refractivity (Wildman–Crippen MR) is 75.7 cm³/mol.